The number of nitrogens with zero attached hydrogens (tertiary/aromatic N) is 5. The minimum absolute atomic E-state index is 0.0599. The number of fused-ring (bicyclic) bond motifs is 3. The van der Waals surface area contributed by atoms with Crippen LogP contribution in [-0.4, -0.2) is 63.5 Å². The van der Waals surface area contributed by atoms with Gasteiger partial charge in [-0.25, -0.2) is 9.50 Å². The summed E-state index contributed by atoms with van der Waals surface area (Å²) < 4.78 is 1.89. The number of carbonyl (C=O) groups excluding carboxylic acids is 1. The van der Waals surface area contributed by atoms with Gasteiger partial charge in [-0.2, -0.15) is 5.10 Å². The van der Waals surface area contributed by atoms with Gasteiger partial charge in [-0.3, -0.25) is 4.79 Å². The second-order valence-electron chi connectivity index (χ2n) is 6.97. The van der Waals surface area contributed by atoms with Crippen LogP contribution >= 0.6 is 0 Å². The van der Waals surface area contributed by atoms with Crippen LogP contribution in [0, 0.1) is 5.92 Å². The first-order valence-corrected chi connectivity index (χ1v) is 8.46. The van der Waals surface area contributed by atoms with Gasteiger partial charge in [-0.1, -0.05) is 6.92 Å². The van der Waals surface area contributed by atoms with E-state index in [-0.39, 0.29) is 5.91 Å². The molecule has 1 aliphatic carbocycles. The zero-order chi connectivity index (χ0) is 16.0. The maximum atomic E-state index is 12.8. The molecule has 2 aromatic rings. The van der Waals surface area contributed by atoms with Crippen LogP contribution in [0.25, 0.3) is 5.65 Å². The summed E-state index contributed by atoms with van der Waals surface area (Å²) in [5.74, 6) is 0.758. The standard InChI is InChI=1S/C17H23N5O/c1-12-3-4-15-13(9-12)10-18-16-14(11-19-22(15)16)17(23)21-7-5-20(2)6-8-21/h10-12H,3-9H2,1-2H3. The second-order valence-corrected chi connectivity index (χ2v) is 6.97. The Hall–Kier alpha value is -1.95. The predicted molar refractivity (Wildman–Crippen MR) is 87.6 cm³/mol. The Kier molecular flexibility index (Phi) is 3.56. The van der Waals surface area contributed by atoms with E-state index in [4.69, 9.17) is 0 Å². The molecule has 1 amide bonds. The molecule has 0 bridgehead atoms. The lowest BCUT2D eigenvalue weighted by molar-refractivity contribution is 0.0666. The maximum Gasteiger partial charge on any atom is 0.259 e. The quantitative estimate of drug-likeness (QED) is 0.795. The van der Waals surface area contributed by atoms with Crippen LogP contribution in [0.1, 0.15) is 35.0 Å². The normalized spacial score (nSPS) is 22.3. The van der Waals surface area contributed by atoms with Gasteiger partial charge in [-0.05, 0) is 37.8 Å². The van der Waals surface area contributed by atoms with Gasteiger partial charge in [0.05, 0.1) is 6.20 Å². The molecule has 0 saturated carbocycles. The van der Waals surface area contributed by atoms with Gasteiger partial charge in [-0.15, -0.1) is 0 Å². The SMILES string of the molecule is CC1CCc2c(cnc3c(C(=O)N4CCN(C)CC4)cnn23)C1. The molecular formula is C17H23N5O. The van der Waals surface area contributed by atoms with Gasteiger partial charge in [0, 0.05) is 38.1 Å². The number of amides is 1. The van der Waals surface area contributed by atoms with Crippen molar-refractivity contribution < 1.29 is 4.79 Å². The molecule has 23 heavy (non-hydrogen) atoms. The molecule has 1 fully saturated rings. The minimum Gasteiger partial charge on any atom is -0.336 e. The fraction of sp³-hybridized carbons (Fsp3) is 0.588. The fourth-order valence-corrected chi connectivity index (χ4v) is 3.64. The van der Waals surface area contributed by atoms with Gasteiger partial charge in [0.2, 0.25) is 0 Å². The molecule has 1 unspecified atom stereocenters. The van der Waals surface area contributed by atoms with Crippen LogP contribution in [0.15, 0.2) is 12.4 Å². The van der Waals surface area contributed by atoms with Gasteiger partial charge in [0.1, 0.15) is 5.56 Å². The Bertz CT molecular complexity index is 745. The molecule has 6 heteroatoms. The van der Waals surface area contributed by atoms with Gasteiger partial charge in [0.25, 0.3) is 5.91 Å². The highest BCUT2D eigenvalue weighted by Crippen LogP contribution is 2.26. The Morgan fingerprint density at radius 2 is 2.00 bits per heavy atom. The number of aryl methyl sites for hydroxylation is 1. The van der Waals surface area contributed by atoms with Crippen molar-refractivity contribution in [3.63, 3.8) is 0 Å². The molecule has 6 nitrogen and oxygen atoms in total. The number of hydrogen-bond acceptors (Lipinski definition) is 4. The third-order valence-corrected chi connectivity index (χ3v) is 5.18. The Balaban J connectivity index is 1.68. The first kappa shape index (κ1) is 14.6. The van der Waals surface area contributed by atoms with Crippen LogP contribution in [-0.2, 0) is 12.8 Å². The summed E-state index contributed by atoms with van der Waals surface area (Å²) in [5.41, 5.74) is 3.85. The monoisotopic (exact) mass is 313 g/mol. The second kappa shape index (κ2) is 5.60. The molecule has 1 atom stereocenters. The average Bonchev–Trinajstić information content (AvgIpc) is 2.98. The maximum absolute atomic E-state index is 12.8. The fourth-order valence-electron chi connectivity index (χ4n) is 3.64. The lowest BCUT2D eigenvalue weighted by Gasteiger charge is -2.32. The van der Waals surface area contributed by atoms with Gasteiger partial charge in [0.15, 0.2) is 5.65 Å². The summed E-state index contributed by atoms with van der Waals surface area (Å²) in [5, 5.41) is 4.48. The highest BCUT2D eigenvalue weighted by atomic mass is 16.2. The van der Waals surface area contributed by atoms with Crippen molar-refractivity contribution in [3.8, 4) is 0 Å². The lowest BCUT2D eigenvalue weighted by Crippen LogP contribution is -2.47. The molecule has 0 N–H and O–H groups in total. The van der Waals surface area contributed by atoms with Gasteiger partial charge < -0.3 is 9.80 Å². The van der Waals surface area contributed by atoms with E-state index in [0.29, 0.717) is 17.1 Å². The lowest BCUT2D eigenvalue weighted by atomic mass is 9.89. The topological polar surface area (TPSA) is 53.7 Å². The first-order valence-electron chi connectivity index (χ1n) is 8.46. The van der Waals surface area contributed by atoms with Crippen molar-refractivity contribution in [3.05, 3.63) is 29.2 Å². The van der Waals surface area contributed by atoms with Crippen LogP contribution in [0.3, 0.4) is 0 Å². The third kappa shape index (κ3) is 2.51. The smallest absolute Gasteiger partial charge is 0.259 e. The van der Waals surface area contributed by atoms with E-state index < -0.39 is 0 Å². The Morgan fingerprint density at radius 3 is 2.78 bits per heavy atom. The zero-order valence-electron chi connectivity index (χ0n) is 13.8. The number of likely N-dealkylation sites (N-methyl/N-ethyl adjacent to an activating group) is 1. The molecule has 3 heterocycles. The van der Waals surface area contributed by atoms with E-state index in [1.807, 2.05) is 15.6 Å². The largest absolute Gasteiger partial charge is 0.336 e. The van der Waals surface area contributed by atoms with Crippen molar-refractivity contribution in [2.75, 3.05) is 33.2 Å². The van der Waals surface area contributed by atoms with Crippen molar-refractivity contribution in [1.82, 2.24) is 24.4 Å². The van der Waals surface area contributed by atoms with Crippen LogP contribution in [0.2, 0.25) is 0 Å². The molecule has 0 radical (unpaired) electrons. The third-order valence-electron chi connectivity index (χ3n) is 5.18. The summed E-state index contributed by atoms with van der Waals surface area (Å²) in [4.78, 5) is 21.5. The minimum atomic E-state index is 0.0599. The van der Waals surface area contributed by atoms with E-state index in [1.165, 1.54) is 17.7 Å². The molecule has 0 aromatic carbocycles. The molecule has 2 aliphatic rings. The van der Waals surface area contributed by atoms with E-state index in [2.05, 4.69) is 29.0 Å². The highest BCUT2D eigenvalue weighted by molar-refractivity contribution is 5.99. The molecule has 4 rings (SSSR count). The summed E-state index contributed by atoms with van der Waals surface area (Å²) in [7, 11) is 2.09. The van der Waals surface area contributed by atoms with Crippen molar-refractivity contribution in [2.24, 2.45) is 5.92 Å². The summed E-state index contributed by atoms with van der Waals surface area (Å²) >= 11 is 0. The summed E-state index contributed by atoms with van der Waals surface area (Å²) in [6.45, 7) is 5.67. The number of piperazine rings is 1. The van der Waals surface area contributed by atoms with Crippen LogP contribution in [0.4, 0.5) is 0 Å². The molecule has 122 valence electrons. The summed E-state index contributed by atoms with van der Waals surface area (Å²) in [6.07, 6.45) is 6.89. The van der Waals surface area contributed by atoms with E-state index >= 15 is 0 Å². The number of hydrogen-bond donors (Lipinski definition) is 0. The zero-order valence-corrected chi connectivity index (χ0v) is 13.8. The van der Waals surface area contributed by atoms with Gasteiger partial charge >= 0.3 is 0 Å². The first-order chi connectivity index (χ1) is 11.1. The summed E-state index contributed by atoms with van der Waals surface area (Å²) in [6, 6.07) is 0. The molecule has 0 spiro atoms. The molecule has 1 saturated heterocycles. The number of carbonyl (C=O) groups is 1. The number of rotatable bonds is 1. The van der Waals surface area contributed by atoms with Crippen LogP contribution < -0.4 is 0 Å². The van der Waals surface area contributed by atoms with Crippen molar-refractivity contribution in [2.45, 2.75) is 26.2 Å². The van der Waals surface area contributed by atoms with Crippen molar-refractivity contribution in [1.29, 1.82) is 0 Å². The Morgan fingerprint density at radius 1 is 1.22 bits per heavy atom. The molecule has 1 aliphatic heterocycles. The van der Waals surface area contributed by atoms with E-state index in [0.717, 1.165) is 39.0 Å². The molecule has 2 aromatic heterocycles. The molecular weight excluding hydrogens is 290 g/mol. The predicted octanol–water partition coefficient (Wildman–Crippen LogP) is 1.24. The van der Waals surface area contributed by atoms with Crippen molar-refractivity contribution >= 4 is 11.6 Å². The number of aromatic nitrogens is 3. The van der Waals surface area contributed by atoms with E-state index in [9.17, 15) is 4.79 Å². The average molecular weight is 313 g/mol. The van der Waals surface area contributed by atoms with E-state index in [1.54, 1.807) is 6.20 Å². The Labute approximate surface area is 136 Å². The highest BCUT2D eigenvalue weighted by Gasteiger charge is 2.26. The van der Waals surface area contributed by atoms with Crippen LogP contribution in [0.5, 0.6) is 0 Å².